The SMILES string of the molecule is CCCCC(CC)C(=O)O.OCCOCCOCCOCCO. The van der Waals surface area contributed by atoms with Crippen molar-refractivity contribution in [2.45, 2.75) is 39.5 Å². The lowest BCUT2D eigenvalue weighted by atomic mass is 10.00. The highest BCUT2D eigenvalue weighted by molar-refractivity contribution is 5.69. The van der Waals surface area contributed by atoms with Gasteiger partial charge >= 0.3 is 5.97 Å². The highest BCUT2D eigenvalue weighted by atomic mass is 16.5. The maximum atomic E-state index is 10.4. The molecule has 0 aliphatic rings. The van der Waals surface area contributed by atoms with Gasteiger partial charge in [0.2, 0.25) is 0 Å². The minimum absolute atomic E-state index is 0.0413. The molecule has 0 radical (unpaired) electrons. The Morgan fingerprint density at radius 2 is 1.30 bits per heavy atom. The largest absolute Gasteiger partial charge is 0.481 e. The van der Waals surface area contributed by atoms with Gasteiger partial charge < -0.3 is 29.5 Å². The molecule has 0 saturated carbocycles. The first-order chi connectivity index (χ1) is 11.1. The molecule has 1 atom stereocenters. The van der Waals surface area contributed by atoms with Crippen molar-refractivity contribution >= 4 is 5.97 Å². The van der Waals surface area contributed by atoms with Crippen molar-refractivity contribution < 1.29 is 34.3 Å². The molecule has 0 bridgehead atoms. The van der Waals surface area contributed by atoms with Gasteiger partial charge in [-0.3, -0.25) is 4.79 Å². The fraction of sp³-hybridized carbons (Fsp3) is 0.938. The van der Waals surface area contributed by atoms with Crippen LogP contribution in [0.1, 0.15) is 39.5 Å². The number of carbonyl (C=O) groups is 1. The number of hydrogen-bond acceptors (Lipinski definition) is 6. The Kier molecular flexibility index (Phi) is 22.7. The summed E-state index contributed by atoms with van der Waals surface area (Å²) in [6.07, 6.45) is 3.71. The van der Waals surface area contributed by atoms with Gasteiger partial charge in [-0.2, -0.15) is 0 Å². The smallest absolute Gasteiger partial charge is 0.306 e. The summed E-state index contributed by atoms with van der Waals surface area (Å²) in [6, 6.07) is 0. The van der Waals surface area contributed by atoms with E-state index in [1.807, 2.05) is 6.92 Å². The molecule has 0 aromatic carbocycles. The number of aliphatic carboxylic acids is 1. The van der Waals surface area contributed by atoms with Crippen molar-refractivity contribution in [2.75, 3.05) is 52.9 Å². The van der Waals surface area contributed by atoms with E-state index in [2.05, 4.69) is 6.92 Å². The van der Waals surface area contributed by atoms with Gasteiger partial charge in [-0.25, -0.2) is 0 Å². The van der Waals surface area contributed by atoms with Crippen LogP contribution in [0.15, 0.2) is 0 Å². The van der Waals surface area contributed by atoms with E-state index in [9.17, 15) is 4.79 Å². The summed E-state index contributed by atoms with van der Waals surface area (Å²) >= 11 is 0. The van der Waals surface area contributed by atoms with Gasteiger partial charge in [0.25, 0.3) is 0 Å². The number of aliphatic hydroxyl groups excluding tert-OH is 2. The number of unbranched alkanes of at least 4 members (excludes halogenated alkanes) is 1. The molecule has 0 aromatic heterocycles. The summed E-state index contributed by atoms with van der Waals surface area (Å²) in [6.45, 7) is 6.77. The number of aliphatic hydroxyl groups is 2. The second-order valence-corrected chi connectivity index (χ2v) is 4.87. The van der Waals surface area contributed by atoms with Crippen LogP contribution in [0.25, 0.3) is 0 Å². The van der Waals surface area contributed by atoms with Gasteiger partial charge in [0, 0.05) is 0 Å². The topological polar surface area (TPSA) is 105 Å². The van der Waals surface area contributed by atoms with Crippen molar-refractivity contribution in [3.05, 3.63) is 0 Å². The van der Waals surface area contributed by atoms with Crippen LogP contribution in [-0.4, -0.2) is 74.1 Å². The molecule has 0 amide bonds. The van der Waals surface area contributed by atoms with Crippen molar-refractivity contribution in [3.8, 4) is 0 Å². The molecule has 140 valence electrons. The summed E-state index contributed by atoms with van der Waals surface area (Å²) in [5, 5.41) is 25.3. The number of ether oxygens (including phenoxy) is 3. The van der Waals surface area contributed by atoms with E-state index in [-0.39, 0.29) is 19.1 Å². The van der Waals surface area contributed by atoms with E-state index in [1.165, 1.54) is 0 Å². The van der Waals surface area contributed by atoms with Crippen LogP contribution in [0.3, 0.4) is 0 Å². The molecule has 1 unspecified atom stereocenters. The number of carboxylic acid groups (broad SMARTS) is 1. The molecule has 0 spiro atoms. The molecule has 7 heteroatoms. The maximum absolute atomic E-state index is 10.4. The maximum Gasteiger partial charge on any atom is 0.306 e. The fourth-order valence-electron chi connectivity index (χ4n) is 1.62. The lowest BCUT2D eigenvalue weighted by Crippen LogP contribution is -2.11. The highest BCUT2D eigenvalue weighted by Gasteiger charge is 2.12. The predicted octanol–water partition coefficient (Wildman–Crippen LogP) is 1.31. The minimum Gasteiger partial charge on any atom is -0.481 e. The van der Waals surface area contributed by atoms with E-state index in [0.717, 1.165) is 25.7 Å². The molecule has 23 heavy (non-hydrogen) atoms. The molecule has 0 saturated heterocycles. The predicted molar refractivity (Wildman–Crippen MR) is 87.6 cm³/mol. The second-order valence-electron chi connectivity index (χ2n) is 4.87. The lowest BCUT2D eigenvalue weighted by molar-refractivity contribution is -0.142. The number of rotatable bonds is 15. The first-order valence-electron chi connectivity index (χ1n) is 8.31. The Morgan fingerprint density at radius 3 is 1.61 bits per heavy atom. The van der Waals surface area contributed by atoms with E-state index in [0.29, 0.717) is 39.6 Å². The van der Waals surface area contributed by atoms with Gasteiger partial charge in [-0.1, -0.05) is 26.7 Å². The van der Waals surface area contributed by atoms with Crippen LogP contribution in [0.2, 0.25) is 0 Å². The van der Waals surface area contributed by atoms with E-state index in [4.69, 9.17) is 29.5 Å². The van der Waals surface area contributed by atoms with Gasteiger partial charge in [-0.05, 0) is 12.8 Å². The number of hydrogen-bond donors (Lipinski definition) is 3. The van der Waals surface area contributed by atoms with Gasteiger partial charge in [0.1, 0.15) is 0 Å². The monoisotopic (exact) mass is 338 g/mol. The Labute approximate surface area is 139 Å². The third kappa shape index (κ3) is 21.3. The fourth-order valence-corrected chi connectivity index (χ4v) is 1.62. The first-order valence-corrected chi connectivity index (χ1v) is 8.31. The summed E-state index contributed by atoms with van der Waals surface area (Å²) in [4.78, 5) is 10.4. The first kappa shape index (κ1) is 24.5. The van der Waals surface area contributed by atoms with Crippen molar-refractivity contribution in [3.63, 3.8) is 0 Å². The second kappa shape index (κ2) is 21.3. The Morgan fingerprint density at radius 1 is 0.870 bits per heavy atom. The van der Waals surface area contributed by atoms with Crippen molar-refractivity contribution in [1.29, 1.82) is 0 Å². The van der Waals surface area contributed by atoms with Crippen LogP contribution in [0.4, 0.5) is 0 Å². The van der Waals surface area contributed by atoms with Crippen LogP contribution in [0.5, 0.6) is 0 Å². The van der Waals surface area contributed by atoms with Crippen LogP contribution in [-0.2, 0) is 19.0 Å². The zero-order valence-electron chi connectivity index (χ0n) is 14.5. The Balaban J connectivity index is 0. The average molecular weight is 338 g/mol. The average Bonchev–Trinajstić information content (AvgIpc) is 2.54. The molecule has 0 aliphatic carbocycles. The van der Waals surface area contributed by atoms with E-state index >= 15 is 0 Å². The summed E-state index contributed by atoms with van der Waals surface area (Å²) < 4.78 is 15.0. The summed E-state index contributed by atoms with van der Waals surface area (Å²) in [7, 11) is 0. The normalized spacial score (nSPS) is 11.7. The van der Waals surface area contributed by atoms with Crippen molar-refractivity contribution in [1.82, 2.24) is 0 Å². The van der Waals surface area contributed by atoms with E-state index < -0.39 is 5.97 Å². The number of carboxylic acids is 1. The molecule has 0 rings (SSSR count). The molecule has 0 heterocycles. The van der Waals surface area contributed by atoms with Gasteiger partial charge in [0.15, 0.2) is 0 Å². The van der Waals surface area contributed by atoms with Crippen LogP contribution in [0, 0.1) is 5.92 Å². The van der Waals surface area contributed by atoms with Crippen LogP contribution >= 0.6 is 0 Å². The summed E-state index contributed by atoms with van der Waals surface area (Å²) in [5.41, 5.74) is 0. The lowest BCUT2D eigenvalue weighted by Gasteiger charge is -2.06. The molecular weight excluding hydrogens is 304 g/mol. The molecule has 0 aliphatic heterocycles. The quantitative estimate of drug-likeness (QED) is 0.387. The summed E-state index contributed by atoms with van der Waals surface area (Å²) in [5.74, 6) is -0.754. The van der Waals surface area contributed by atoms with Gasteiger partial charge in [0.05, 0.1) is 58.8 Å². The molecule has 7 nitrogen and oxygen atoms in total. The third-order valence-corrected chi connectivity index (χ3v) is 2.96. The zero-order valence-corrected chi connectivity index (χ0v) is 14.5. The third-order valence-electron chi connectivity index (χ3n) is 2.96. The molecule has 0 fully saturated rings. The van der Waals surface area contributed by atoms with E-state index in [1.54, 1.807) is 0 Å². The Hall–Kier alpha value is -0.730. The molecular formula is C16H34O7. The van der Waals surface area contributed by atoms with Gasteiger partial charge in [-0.15, -0.1) is 0 Å². The molecule has 0 aromatic rings. The Bertz CT molecular complexity index is 226. The highest BCUT2D eigenvalue weighted by Crippen LogP contribution is 2.11. The van der Waals surface area contributed by atoms with Crippen LogP contribution < -0.4 is 0 Å². The minimum atomic E-state index is -0.643. The standard InChI is InChI=1S/C8H18O5.C8H16O2/c9-1-3-11-5-7-13-8-6-12-4-2-10;1-3-5-6-7(4-2)8(9)10/h9-10H,1-8H2;7H,3-6H2,1-2H3,(H,9,10). The zero-order chi connectivity index (χ0) is 17.8. The molecule has 3 N–H and O–H groups in total. The van der Waals surface area contributed by atoms with Crippen molar-refractivity contribution in [2.24, 2.45) is 5.92 Å².